The summed E-state index contributed by atoms with van der Waals surface area (Å²) in [6.45, 7) is 2.42. The maximum atomic E-state index is 12.5. The fourth-order valence-corrected chi connectivity index (χ4v) is 3.82. The van der Waals surface area contributed by atoms with Crippen LogP contribution in [0.15, 0.2) is 65.6 Å². The fourth-order valence-electron chi connectivity index (χ4n) is 2.95. The summed E-state index contributed by atoms with van der Waals surface area (Å²) in [5.41, 5.74) is 1.98. The first kappa shape index (κ1) is 19.9. The molecule has 1 saturated heterocycles. The van der Waals surface area contributed by atoms with E-state index in [0.717, 1.165) is 22.9 Å². The molecule has 1 fully saturated rings. The van der Waals surface area contributed by atoms with Crippen LogP contribution < -0.4 is 5.32 Å². The normalized spacial score (nSPS) is 16.5. The summed E-state index contributed by atoms with van der Waals surface area (Å²) in [4.78, 5) is 38.3. The Bertz CT molecular complexity index is 881. The van der Waals surface area contributed by atoms with Gasteiger partial charge in [-0.3, -0.25) is 19.3 Å². The monoisotopic (exact) mass is 394 g/mol. The van der Waals surface area contributed by atoms with Crippen molar-refractivity contribution in [3.8, 4) is 0 Å². The lowest BCUT2D eigenvalue weighted by Gasteiger charge is -2.15. The third-order valence-corrected chi connectivity index (χ3v) is 5.40. The van der Waals surface area contributed by atoms with E-state index < -0.39 is 0 Å². The van der Waals surface area contributed by atoms with Crippen LogP contribution in [-0.2, 0) is 9.59 Å². The minimum Gasteiger partial charge on any atom is -0.354 e. The van der Waals surface area contributed by atoms with Crippen molar-refractivity contribution < 1.29 is 14.4 Å². The molecule has 0 aromatic heterocycles. The maximum Gasteiger partial charge on any atom is 0.293 e. The number of rotatable bonds is 7. The lowest BCUT2D eigenvalue weighted by molar-refractivity contribution is -0.124. The van der Waals surface area contributed by atoms with Gasteiger partial charge >= 0.3 is 0 Å². The fraction of sp³-hybridized carbons (Fsp3) is 0.227. The molecule has 144 valence electrons. The second-order valence-corrected chi connectivity index (χ2v) is 7.60. The van der Waals surface area contributed by atoms with Crippen LogP contribution in [0.2, 0.25) is 0 Å². The third kappa shape index (κ3) is 5.10. The summed E-state index contributed by atoms with van der Waals surface area (Å²) in [6.07, 6.45) is 2.07. The standard InChI is InChI=1S/C22H22N2O3S/c1-16(18-10-6-3-7-11-18)14-20(25)23-12-13-24-21(26)19(28-22(24)27)15-17-8-4-2-5-9-17/h2-11,15-16H,12-14H2,1H3,(H,23,25)/b19-15+/t16-/m1/s1. The average molecular weight is 394 g/mol. The summed E-state index contributed by atoms with van der Waals surface area (Å²) in [7, 11) is 0. The highest BCUT2D eigenvalue weighted by Crippen LogP contribution is 2.31. The summed E-state index contributed by atoms with van der Waals surface area (Å²) < 4.78 is 0. The molecule has 0 aliphatic carbocycles. The van der Waals surface area contributed by atoms with Crippen molar-refractivity contribution in [1.82, 2.24) is 10.2 Å². The largest absolute Gasteiger partial charge is 0.354 e. The molecule has 1 N–H and O–H groups in total. The first-order chi connectivity index (χ1) is 13.5. The Hall–Kier alpha value is -2.86. The molecule has 0 saturated carbocycles. The highest BCUT2D eigenvalue weighted by atomic mass is 32.2. The molecule has 1 aliphatic rings. The van der Waals surface area contributed by atoms with Gasteiger partial charge in [0.15, 0.2) is 0 Å². The van der Waals surface area contributed by atoms with Crippen LogP contribution in [0.25, 0.3) is 6.08 Å². The number of nitrogens with one attached hydrogen (secondary N) is 1. The zero-order chi connectivity index (χ0) is 19.9. The van der Waals surface area contributed by atoms with Gasteiger partial charge in [0.25, 0.3) is 11.1 Å². The Morgan fingerprint density at radius 2 is 1.71 bits per heavy atom. The predicted octanol–water partition coefficient (Wildman–Crippen LogP) is 4.03. The Morgan fingerprint density at radius 3 is 2.39 bits per heavy atom. The molecular weight excluding hydrogens is 372 g/mol. The molecule has 0 bridgehead atoms. The van der Waals surface area contributed by atoms with Crippen molar-refractivity contribution in [2.24, 2.45) is 0 Å². The van der Waals surface area contributed by atoms with Gasteiger partial charge in [-0.05, 0) is 34.9 Å². The predicted molar refractivity (Wildman–Crippen MR) is 112 cm³/mol. The molecule has 2 aromatic carbocycles. The average Bonchev–Trinajstić information content (AvgIpc) is 2.96. The van der Waals surface area contributed by atoms with E-state index >= 15 is 0 Å². The number of hydrogen-bond acceptors (Lipinski definition) is 4. The van der Waals surface area contributed by atoms with E-state index in [1.807, 2.05) is 67.6 Å². The number of amides is 3. The summed E-state index contributed by atoms with van der Waals surface area (Å²) in [6, 6.07) is 19.2. The first-order valence-electron chi connectivity index (χ1n) is 9.16. The lowest BCUT2D eigenvalue weighted by atomic mass is 9.98. The minimum absolute atomic E-state index is 0.0943. The van der Waals surface area contributed by atoms with Crippen LogP contribution in [0.5, 0.6) is 0 Å². The van der Waals surface area contributed by atoms with Crippen molar-refractivity contribution in [2.75, 3.05) is 13.1 Å². The molecule has 3 amide bonds. The van der Waals surface area contributed by atoms with E-state index in [4.69, 9.17) is 0 Å². The number of hydrogen-bond donors (Lipinski definition) is 1. The second kappa shape index (κ2) is 9.37. The number of nitrogens with zero attached hydrogens (tertiary/aromatic N) is 1. The molecule has 2 aromatic rings. The SMILES string of the molecule is C[C@H](CC(=O)NCCN1C(=O)S/C(=C/c2ccccc2)C1=O)c1ccccc1. The van der Waals surface area contributed by atoms with Gasteiger partial charge in [-0.25, -0.2) is 0 Å². The van der Waals surface area contributed by atoms with Crippen LogP contribution >= 0.6 is 11.8 Å². The van der Waals surface area contributed by atoms with Crippen LogP contribution in [0.3, 0.4) is 0 Å². The van der Waals surface area contributed by atoms with E-state index in [9.17, 15) is 14.4 Å². The molecular formula is C22H22N2O3S. The van der Waals surface area contributed by atoms with Crippen LogP contribution in [-0.4, -0.2) is 35.0 Å². The third-order valence-electron chi connectivity index (χ3n) is 4.49. The number of carbonyl (C=O) groups excluding carboxylic acids is 3. The van der Waals surface area contributed by atoms with Crippen molar-refractivity contribution >= 4 is 34.9 Å². The molecule has 1 aliphatic heterocycles. The maximum absolute atomic E-state index is 12.5. The van der Waals surface area contributed by atoms with Crippen LogP contribution in [0.4, 0.5) is 4.79 Å². The van der Waals surface area contributed by atoms with Gasteiger partial charge in [0.05, 0.1) is 4.91 Å². The zero-order valence-corrected chi connectivity index (χ0v) is 16.4. The molecule has 3 rings (SSSR count). The first-order valence-corrected chi connectivity index (χ1v) is 9.98. The topological polar surface area (TPSA) is 66.5 Å². The Balaban J connectivity index is 1.49. The Kier molecular flexibility index (Phi) is 6.66. The van der Waals surface area contributed by atoms with E-state index in [-0.39, 0.29) is 36.1 Å². The molecule has 28 heavy (non-hydrogen) atoms. The van der Waals surface area contributed by atoms with E-state index in [2.05, 4.69) is 5.32 Å². The van der Waals surface area contributed by atoms with Gasteiger partial charge in [-0.2, -0.15) is 0 Å². The van der Waals surface area contributed by atoms with Crippen LogP contribution in [0.1, 0.15) is 30.4 Å². The smallest absolute Gasteiger partial charge is 0.293 e. The molecule has 0 unspecified atom stereocenters. The number of carbonyl (C=O) groups is 3. The quantitative estimate of drug-likeness (QED) is 0.720. The van der Waals surface area contributed by atoms with Gasteiger partial charge in [0, 0.05) is 19.5 Å². The number of imide groups is 1. The van der Waals surface area contributed by atoms with Crippen molar-refractivity contribution in [1.29, 1.82) is 0 Å². The van der Waals surface area contributed by atoms with Gasteiger partial charge in [0.2, 0.25) is 5.91 Å². The molecule has 6 heteroatoms. The van der Waals surface area contributed by atoms with Gasteiger partial charge in [-0.1, -0.05) is 67.6 Å². The molecule has 5 nitrogen and oxygen atoms in total. The van der Waals surface area contributed by atoms with E-state index in [1.54, 1.807) is 6.08 Å². The summed E-state index contributed by atoms with van der Waals surface area (Å²) in [5, 5.41) is 2.50. The van der Waals surface area contributed by atoms with E-state index in [1.165, 1.54) is 4.90 Å². The van der Waals surface area contributed by atoms with Crippen molar-refractivity contribution in [3.63, 3.8) is 0 Å². The minimum atomic E-state index is -0.314. The second-order valence-electron chi connectivity index (χ2n) is 6.61. The summed E-state index contributed by atoms with van der Waals surface area (Å²) >= 11 is 0.929. The lowest BCUT2D eigenvalue weighted by Crippen LogP contribution is -2.37. The molecule has 1 heterocycles. The molecule has 0 spiro atoms. The van der Waals surface area contributed by atoms with Crippen LogP contribution in [0, 0.1) is 0 Å². The van der Waals surface area contributed by atoms with E-state index in [0.29, 0.717) is 11.3 Å². The Morgan fingerprint density at radius 1 is 1.07 bits per heavy atom. The summed E-state index contributed by atoms with van der Waals surface area (Å²) in [5.74, 6) is -0.305. The number of benzene rings is 2. The Labute approximate surface area is 168 Å². The van der Waals surface area contributed by atoms with Crippen molar-refractivity contribution in [2.45, 2.75) is 19.3 Å². The van der Waals surface area contributed by atoms with Gasteiger partial charge < -0.3 is 5.32 Å². The van der Waals surface area contributed by atoms with Gasteiger partial charge in [-0.15, -0.1) is 0 Å². The zero-order valence-electron chi connectivity index (χ0n) is 15.6. The van der Waals surface area contributed by atoms with Crippen molar-refractivity contribution in [3.05, 3.63) is 76.7 Å². The molecule has 1 atom stereocenters. The number of thioether (sulfide) groups is 1. The highest BCUT2D eigenvalue weighted by Gasteiger charge is 2.34. The molecule has 0 radical (unpaired) electrons. The van der Waals surface area contributed by atoms with Gasteiger partial charge in [0.1, 0.15) is 0 Å². The highest BCUT2D eigenvalue weighted by molar-refractivity contribution is 8.18.